The molecule has 1 saturated carbocycles. The number of imidazole rings is 1. The number of carbonyl (C=O) groups is 2. The summed E-state index contributed by atoms with van der Waals surface area (Å²) in [6.45, 7) is 0. The lowest BCUT2D eigenvalue weighted by Gasteiger charge is -2.32. The molecule has 41 heavy (non-hydrogen) atoms. The second-order valence-electron chi connectivity index (χ2n) is 9.80. The predicted octanol–water partition coefficient (Wildman–Crippen LogP) is 5.99. The number of anilines is 1. The van der Waals surface area contributed by atoms with Crippen molar-refractivity contribution >= 4 is 28.6 Å². The molecule has 2 aromatic carbocycles. The lowest BCUT2D eigenvalue weighted by atomic mass is 9.83. The van der Waals surface area contributed by atoms with Crippen molar-refractivity contribution in [3.63, 3.8) is 0 Å². The second kappa shape index (κ2) is 11.5. The average molecular weight is 569 g/mol. The third-order valence-electron chi connectivity index (χ3n) is 7.33. The van der Waals surface area contributed by atoms with Crippen LogP contribution in [-0.4, -0.2) is 45.7 Å². The summed E-state index contributed by atoms with van der Waals surface area (Å²) >= 11 is 0. The van der Waals surface area contributed by atoms with Gasteiger partial charge in [-0.25, -0.2) is 22.9 Å². The Bertz CT molecular complexity index is 1630. The zero-order valence-corrected chi connectivity index (χ0v) is 22.3. The third-order valence-corrected chi connectivity index (χ3v) is 7.33. The number of rotatable bonds is 8. The maximum Gasteiger partial charge on any atom is 0.335 e. The number of amides is 1. The van der Waals surface area contributed by atoms with Crippen LogP contribution in [0, 0.1) is 23.4 Å². The Morgan fingerprint density at radius 1 is 0.951 bits per heavy atom. The van der Waals surface area contributed by atoms with E-state index in [0.717, 1.165) is 37.5 Å². The Morgan fingerprint density at radius 3 is 2.34 bits per heavy atom. The lowest BCUT2D eigenvalue weighted by Crippen LogP contribution is -2.34. The molecule has 1 unspecified atom stereocenters. The van der Waals surface area contributed by atoms with Crippen molar-refractivity contribution in [2.45, 2.75) is 38.1 Å². The Morgan fingerprint density at radius 2 is 1.68 bits per heavy atom. The summed E-state index contributed by atoms with van der Waals surface area (Å²) in [5.41, 5.74) is 0.110. The van der Waals surface area contributed by atoms with E-state index in [0.29, 0.717) is 18.4 Å². The number of halogens is 3. The van der Waals surface area contributed by atoms with Gasteiger partial charge in [-0.1, -0.05) is 19.3 Å². The normalized spacial score (nSPS) is 14.6. The molecule has 5 rings (SSSR count). The van der Waals surface area contributed by atoms with Crippen LogP contribution in [0.3, 0.4) is 0 Å². The fourth-order valence-electron chi connectivity index (χ4n) is 5.37. The molecule has 1 atom stereocenters. The van der Waals surface area contributed by atoms with E-state index in [1.54, 1.807) is 12.1 Å². The number of carbonyl (C=O) groups excluding carboxylic acids is 1. The molecular formula is C29H27F3N4O5. The molecule has 214 valence electrons. The second-order valence-corrected chi connectivity index (χ2v) is 9.80. The number of aromatic nitrogens is 3. The van der Waals surface area contributed by atoms with Gasteiger partial charge in [-0.2, -0.15) is 4.98 Å². The van der Waals surface area contributed by atoms with Crippen molar-refractivity contribution < 1.29 is 37.3 Å². The summed E-state index contributed by atoms with van der Waals surface area (Å²) in [6, 6.07) is 7.27. The Kier molecular flexibility index (Phi) is 7.82. The highest BCUT2D eigenvalue weighted by Gasteiger charge is 2.36. The predicted molar refractivity (Wildman–Crippen MR) is 144 cm³/mol. The number of hydrogen-bond donors (Lipinski definition) is 2. The largest absolute Gasteiger partial charge is 0.481 e. The molecule has 0 radical (unpaired) electrons. The van der Waals surface area contributed by atoms with Crippen molar-refractivity contribution in [1.82, 2.24) is 14.5 Å². The maximum atomic E-state index is 14.9. The highest BCUT2D eigenvalue weighted by atomic mass is 19.2. The van der Waals surface area contributed by atoms with Gasteiger partial charge in [0.25, 0.3) is 0 Å². The van der Waals surface area contributed by atoms with Crippen LogP contribution in [0.15, 0.2) is 42.5 Å². The molecular weight excluding hydrogens is 541 g/mol. The summed E-state index contributed by atoms with van der Waals surface area (Å²) in [6.07, 6.45) is 3.96. The molecule has 12 heteroatoms. The van der Waals surface area contributed by atoms with E-state index in [1.807, 2.05) is 0 Å². The molecule has 2 heterocycles. The highest BCUT2D eigenvalue weighted by molar-refractivity contribution is 5.97. The van der Waals surface area contributed by atoms with E-state index < -0.39 is 35.4 Å². The molecule has 1 fully saturated rings. The first-order valence-corrected chi connectivity index (χ1v) is 13.0. The smallest absolute Gasteiger partial charge is 0.335 e. The number of ether oxygens (including phenoxy) is 2. The number of hydrogen-bond acceptors (Lipinski definition) is 6. The molecule has 1 amide bonds. The van der Waals surface area contributed by atoms with Crippen LogP contribution in [0.25, 0.3) is 22.4 Å². The summed E-state index contributed by atoms with van der Waals surface area (Å²) in [4.78, 5) is 34.2. The number of benzene rings is 2. The van der Waals surface area contributed by atoms with E-state index in [1.165, 1.54) is 30.9 Å². The number of carboxylic acid groups (broad SMARTS) is 1. The van der Waals surface area contributed by atoms with Crippen molar-refractivity contribution in [3.05, 3.63) is 65.5 Å². The number of nitrogens with one attached hydrogen (secondary N) is 1. The Labute approximate surface area is 232 Å². The standard InChI is InChI=1S/C29H27F3N4O5/c1-40-24-11-9-17(28(35-24)41-2)26-33-22-13-18(30)19(31)14-23(22)36(26)25(15-6-4-3-5-7-15)27(37)34-21-10-8-16(29(38)39)12-20(21)32/h8-15,25H,3-7H2,1-2H3,(H,34,37)(H,38,39). The van der Waals surface area contributed by atoms with Gasteiger partial charge in [-0.05, 0) is 43.0 Å². The molecule has 4 aromatic rings. The maximum absolute atomic E-state index is 14.9. The van der Waals surface area contributed by atoms with Crippen LogP contribution in [-0.2, 0) is 4.79 Å². The topological polar surface area (TPSA) is 116 Å². The average Bonchev–Trinajstić information content (AvgIpc) is 3.31. The molecule has 1 aliphatic rings. The number of carboxylic acids is 1. The SMILES string of the molecule is COc1ccc(-c2nc3cc(F)c(F)cc3n2C(C(=O)Nc2ccc(C(=O)O)cc2F)C2CCCCC2)c(OC)n1. The lowest BCUT2D eigenvalue weighted by molar-refractivity contribution is -0.121. The summed E-state index contributed by atoms with van der Waals surface area (Å²) in [5, 5.41) is 11.8. The van der Waals surface area contributed by atoms with E-state index in [4.69, 9.17) is 9.47 Å². The van der Waals surface area contributed by atoms with Gasteiger partial charge in [-0.3, -0.25) is 4.79 Å². The van der Waals surface area contributed by atoms with Crippen molar-refractivity contribution in [2.24, 2.45) is 5.92 Å². The molecule has 0 aliphatic heterocycles. The Balaban J connectivity index is 1.71. The van der Waals surface area contributed by atoms with E-state index in [-0.39, 0.29) is 45.8 Å². The van der Waals surface area contributed by atoms with Crippen LogP contribution < -0.4 is 14.8 Å². The summed E-state index contributed by atoms with van der Waals surface area (Å²) in [7, 11) is 2.83. The van der Waals surface area contributed by atoms with Crippen molar-refractivity contribution in [3.8, 4) is 23.1 Å². The summed E-state index contributed by atoms with van der Waals surface area (Å²) < 4.78 is 56.0. The van der Waals surface area contributed by atoms with Crippen LogP contribution in [0.4, 0.5) is 18.9 Å². The Hall–Kier alpha value is -4.61. The zero-order chi connectivity index (χ0) is 29.3. The van der Waals surface area contributed by atoms with Crippen LogP contribution in [0.2, 0.25) is 0 Å². The first-order valence-electron chi connectivity index (χ1n) is 13.0. The number of pyridine rings is 1. The first-order chi connectivity index (χ1) is 19.7. The van der Waals surface area contributed by atoms with E-state index in [9.17, 15) is 27.9 Å². The zero-order valence-electron chi connectivity index (χ0n) is 22.3. The molecule has 1 aliphatic carbocycles. The minimum Gasteiger partial charge on any atom is -0.481 e. The fourth-order valence-corrected chi connectivity index (χ4v) is 5.37. The van der Waals surface area contributed by atoms with Crippen molar-refractivity contribution in [2.75, 3.05) is 19.5 Å². The highest BCUT2D eigenvalue weighted by Crippen LogP contribution is 2.41. The van der Waals surface area contributed by atoms with Crippen LogP contribution in [0.1, 0.15) is 48.5 Å². The van der Waals surface area contributed by atoms with E-state index >= 15 is 0 Å². The molecule has 0 bridgehead atoms. The van der Waals surface area contributed by atoms with Gasteiger partial charge in [0, 0.05) is 18.2 Å². The molecule has 0 spiro atoms. The molecule has 2 aromatic heterocycles. The number of methoxy groups -OCH3 is 2. The van der Waals surface area contributed by atoms with Gasteiger partial charge < -0.3 is 24.5 Å². The van der Waals surface area contributed by atoms with Gasteiger partial charge >= 0.3 is 5.97 Å². The molecule has 0 saturated heterocycles. The quantitative estimate of drug-likeness (QED) is 0.268. The van der Waals surface area contributed by atoms with Gasteiger partial charge in [0.05, 0.1) is 42.1 Å². The number of nitrogens with zero attached hydrogens (tertiary/aromatic N) is 3. The van der Waals surface area contributed by atoms with Gasteiger partial charge in [0.15, 0.2) is 11.6 Å². The minimum absolute atomic E-state index is 0.0994. The minimum atomic E-state index is -1.31. The summed E-state index contributed by atoms with van der Waals surface area (Å²) in [5.74, 6) is -4.80. The van der Waals surface area contributed by atoms with Crippen molar-refractivity contribution in [1.29, 1.82) is 0 Å². The van der Waals surface area contributed by atoms with Gasteiger partial charge in [-0.15, -0.1) is 0 Å². The monoisotopic (exact) mass is 568 g/mol. The number of aromatic carboxylic acids is 1. The van der Waals surface area contributed by atoms with Gasteiger partial charge in [0.1, 0.15) is 17.7 Å². The molecule has 2 N–H and O–H groups in total. The third kappa shape index (κ3) is 5.41. The fraction of sp³-hybridized carbons (Fsp3) is 0.310. The first kappa shape index (κ1) is 27.9. The van der Waals surface area contributed by atoms with Crippen LogP contribution in [0.5, 0.6) is 11.8 Å². The van der Waals surface area contributed by atoms with E-state index in [2.05, 4.69) is 15.3 Å². The number of fused-ring (bicyclic) bond motifs is 1. The van der Waals surface area contributed by atoms with Crippen LogP contribution >= 0.6 is 0 Å². The molecule has 9 nitrogen and oxygen atoms in total. The van der Waals surface area contributed by atoms with Gasteiger partial charge in [0.2, 0.25) is 17.7 Å².